The number of fused-ring (bicyclic) bond motifs is 1. The summed E-state index contributed by atoms with van der Waals surface area (Å²) in [6.07, 6.45) is 5.49. The van der Waals surface area contributed by atoms with Crippen LogP contribution in [-0.2, 0) is 4.79 Å². The third-order valence-corrected chi connectivity index (χ3v) is 7.78. The third kappa shape index (κ3) is 5.16. The number of aromatic nitrogens is 5. The van der Waals surface area contributed by atoms with Gasteiger partial charge in [0, 0.05) is 64.0 Å². The van der Waals surface area contributed by atoms with Crippen LogP contribution in [0.25, 0.3) is 22.3 Å². The molecule has 1 atom stereocenters. The van der Waals surface area contributed by atoms with Crippen molar-refractivity contribution in [3.63, 3.8) is 0 Å². The van der Waals surface area contributed by atoms with Gasteiger partial charge in [-0.2, -0.15) is 0 Å². The van der Waals surface area contributed by atoms with Gasteiger partial charge in [-0.25, -0.2) is 19.9 Å². The molecule has 2 fully saturated rings. The fourth-order valence-corrected chi connectivity index (χ4v) is 5.32. The maximum Gasteiger partial charge on any atom is 0.225 e. The van der Waals surface area contributed by atoms with Gasteiger partial charge in [-0.05, 0) is 49.6 Å². The van der Waals surface area contributed by atoms with E-state index >= 15 is 0 Å². The molecule has 1 amide bonds. The molecule has 40 heavy (non-hydrogen) atoms. The van der Waals surface area contributed by atoms with Crippen molar-refractivity contribution in [1.82, 2.24) is 34.7 Å². The number of aromatic amines is 1. The van der Waals surface area contributed by atoms with E-state index in [-0.39, 0.29) is 12.0 Å². The number of rotatable bonds is 8. The molecule has 1 saturated carbocycles. The zero-order valence-corrected chi connectivity index (χ0v) is 23.4. The molecule has 1 aliphatic heterocycles. The third-order valence-electron chi connectivity index (χ3n) is 7.78. The highest BCUT2D eigenvalue weighted by atomic mass is 16.5. The van der Waals surface area contributed by atoms with Gasteiger partial charge in [-0.1, -0.05) is 6.07 Å². The summed E-state index contributed by atoms with van der Waals surface area (Å²) in [6, 6.07) is 10.3. The van der Waals surface area contributed by atoms with E-state index in [1.165, 1.54) is 5.56 Å². The summed E-state index contributed by atoms with van der Waals surface area (Å²) in [5.74, 6) is 3.30. The summed E-state index contributed by atoms with van der Waals surface area (Å²) in [7, 11) is 5.48. The lowest BCUT2D eigenvalue weighted by Crippen LogP contribution is -2.49. The zero-order chi connectivity index (χ0) is 27.8. The first-order valence-corrected chi connectivity index (χ1v) is 13.7. The van der Waals surface area contributed by atoms with Crippen molar-refractivity contribution in [2.24, 2.45) is 5.92 Å². The van der Waals surface area contributed by atoms with Crippen molar-refractivity contribution in [3.05, 3.63) is 48.4 Å². The number of benzene rings is 1. The maximum absolute atomic E-state index is 12.4. The average Bonchev–Trinajstić information content (AvgIpc) is 3.75. The van der Waals surface area contributed by atoms with Crippen LogP contribution in [0, 0.1) is 5.92 Å². The molecule has 1 unspecified atom stereocenters. The second-order valence-corrected chi connectivity index (χ2v) is 10.7. The van der Waals surface area contributed by atoms with Crippen molar-refractivity contribution in [2.75, 3.05) is 57.6 Å². The number of carbonyl (C=O) groups is 1. The lowest BCUT2D eigenvalue weighted by Gasteiger charge is -2.38. The maximum atomic E-state index is 12.4. The minimum atomic E-state index is 0.217. The number of ether oxygens (including phenoxy) is 1. The average molecular weight is 542 g/mol. The summed E-state index contributed by atoms with van der Waals surface area (Å²) in [4.78, 5) is 40.2. The first-order chi connectivity index (χ1) is 19.4. The standard InChI is InChI=1S/C29H35N9O2/c1-18(37-11-13-38(14-12-37)28(39)19-5-6-19)20-9-10-30-24(16-20)35-29-33-22-8-7-21(15-23(22)34-29)25-26(40-4)27(36(2)3)32-17-31-25/h7-10,15-19H,5-6,11-14H2,1-4H3,(H2,30,33,34,35). The quantitative estimate of drug-likeness (QED) is 0.343. The van der Waals surface area contributed by atoms with E-state index in [4.69, 9.17) is 9.72 Å². The topological polar surface area (TPSA) is 115 Å². The Labute approximate surface area is 233 Å². The van der Waals surface area contributed by atoms with Crippen molar-refractivity contribution in [1.29, 1.82) is 0 Å². The molecule has 11 nitrogen and oxygen atoms in total. The van der Waals surface area contributed by atoms with Gasteiger partial charge < -0.3 is 24.8 Å². The fourth-order valence-electron chi connectivity index (χ4n) is 5.32. The highest BCUT2D eigenvalue weighted by Gasteiger charge is 2.35. The van der Waals surface area contributed by atoms with E-state index in [1.54, 1.807) is 13.4 Å². The van der Waals surface area contributed by atoms with Gasteiger partial charge in [0.05, 0.1) is 18.1 Å². The largest absolute Gasteiger partial charge is 0.491 e. The second kappa shape index (κ2) is 10.7. The number of pyridine rings is 1. The van der Waals surface area contributed by atoms with Crippen molar-refractivity contribution < 1.29 is 9.53 Å². The van der Waals surface area contributed by atoms with Crippen molar-refractivity contribution >= 4 is 34.5 Å². The number of methoxy groups -OCH3 is 1. The minimum Gasteiger partial charge on any atom is -0.491 e. The second-order valence-electron chi connectivity index (χ2n) is 10.7. The van der Waals surface area contributed by atoms with Gasteiger partial charge in [0.2, 0.25) is 11.9 Å². The molecular weight excluding hydrogens is 506 g/mol. The molecule has 4 aromatic rings. The molecule has 11 heteroatoms. The predicted molar refractivity (Wildman–Crippen MR) is 155 cm³/mol. The molecule has 1 aliphatic carbocycles. The van der Waals surface area contributed by atoms with Crippen LogP contribution in [0.15, 0.2) is 42.9 Å². The van der Waals surface area contributed by atoms with E-state index in [0.29, 0.717) is 29.1 Å². The van der Waals surface area contributed by atoms with E-state index in [9.17, 15) is 4.79 Å². The number of nitrogens with one attached hydrogen (secondary N) is 2. The SMILES string of the molecule is COc1c(-c2ccc3nc(Nc4cc(C(C)N5CCN(C(=O)C6CC6)CC5)ccn4)[nH]c3c2)ncnc1N(C)C. The number of nitrogens with zero attached hydrogens (tertiary/aromatic N) is 7. The van der Waals surface area contributed by atoms with E-state index < -0.39 is 0 Å². The highest BCUT2D eigenvalue weighted by Crippen LogP contribution is 2.36. The van der Waals surface area contributed by atoms with Crippen LogP contribution in [0.5, 0.6) is 5.75 Å². The van der Waals surface area contributed by atoms with Gasteiger partial charge >= 0.3 is 0 Å². The Morgan fingerprint density at radius 1 is 1.10 bits per heavy atom. The van der Waals surface area contributed by atoms with Crippen LogP contribution >= 0.6 is 0 Å². The van der Waals surface area contributed by atoms with Crippen molar-refractivity contribution in [2.45, 2.75) is 25.8 Å². The van der Waals surface area contributed by atoms with Gasteiger partial charge in [0.15, 0.2) is 11.6 Å². The summed E-state index contributed by atoms with van der Waals surface area (Å²) >= 11 is 0. The van der Waals surface area contributed by atoms with Crippen LogP contribution in [0.1, 0.15) is 31.4 Å². The Morgan fingerprint density at radius 2 is 1.90 bits per heavy atom. The van der Waals surface area contributed by atoms with Crippen LogP contribution < -0.4 is 15.0 Å². The Balaban J connectivity index is 1.17. The number of H-pyrrole nitrogens is 1. The molecule has 0 bridgehead atoms. The lowest BCUT2D eigenvalue weighted by atomic mass is 10.1. The van der Waals surface area contributed by atoms with E-state index in [1.807, 2.05) is 48.3 Å². The first-order valence-electron chi connectivity index (χ1n) is 13.7. The molecule has 208 valence electrons. The molecule has 1 aromatic carbocycles. The number of hydrogen-bond donors (Lipinski definition) is 2. The molecule has 2 N–H and O–H groups in total. The Hall–Kier alpha value is -4.25. The summed E-state index contributed by atoms with van der Waals surface area (Å²) in [5.41, 5.74) is 4.49. The Morgan fingerprint density at radius 3 is 2.62 bits per heavy atom. The van der Waals surface area contributed by atoms with Crippen LogP contribution in [-0.4, -0.2) is 88.0 Å². The monoisotopic (exact) mass is 541 g/mol. The summed E-state index contributed by atoms with van der Waals surface area (Å²) < 4.78 is 5.66. The molecule has 4 heterocycles. The number of anilines is 3. The number of carbonyl (C=O) groups excluding carboxylic acids is 1. The fraction of sp³-hybridized carbons (Fsp3) is 0.414. The molecule has 0 radical (unpaired) electrons. The number of piperazine rings is 1. The Bertz CT molecular complexity index is 1520. The molecule has 0 spiro atoms. The van der Waals surface area contributed by atoms with Crippen LogP contribution in [0.4, 0.5) is 17.6 Å². The molecule has 1 saturated heterocycles. The van der Waals surface area contributed by atoms with Crippen molar-refractivity contribution in [3.8, 4) is 17.0 Å². The van der Waals surface area contributed by atoms with Gasteiger partial charge in [0.25, 0.3) is 0 Å². The normalized spacial score (nSPS) is 16.6. The summed E-state index contributed by atoms with van der Waals surface area (Å²) in [5, 5.41) is 3.33. The van der Waals surface area contributed by atoms with Gasteiger partial charge in [0.1, 0.15) is 17.8 Å². The van der Waals surface area contributed by atoms with E-state index in [0.717, 1.165) is 61.4 Å². The molecule has 6 rings (SSSR count). The number of imidazole rings is 1. The van der Waals surface area contributed by atoms with Crippen LogP contribution in [0.3, 0.4) is 0 Å². The highest BCUT2D eigenvalue weighted by molar-refractivity contribution is 5.85. The van der Waals surface area contributed by atoms with E-state index in [2.05, 4.69) is 49.2 Å². The van der Waals surface area contributed by atoms with Crippen LogP contribution in [0.2, 0.25) is 0 Å². The smallest absolute Gasteiger partial charge is 0.225 e. The first kappa shape index (κ1) is 26.0. The zero-order valence-electron chi connectivity index (χ0n) is 23.4. The molecule has 3 aromatic heterocycles. The predicted octanol–water partition coefficient (Wildman–Crippen LogP) is 3.85. The molecule has 2 aliphatic rings. The van der Waals surface area contributed by atoms with Gasteiger partial charge in [-0.3, -0.25) is 9.69 Å². The number of amides is 1. The summed E-state index contributed by atoms with van der Waals surface area (Å²) in [6.45, 7) is 5.57. The lowest BCUT2D eigenvalue weighted by molar-refractivity contribution is -0.134. The molecular formula is C29H35N9O2. The number of hydrogen-bond acceptors (Lipinski definition) is 9. The minimum absolute atomic E-state index is 0.217. The Kier molecular flexibility index (Phi) is 6.97. The van der Waals surface area contributed by atoms with Gasteiger partial charge in [-0.15, -0.1) is 0 Å².